The van der Waals surface area contributed by atoms with Crippen LogP contribution in [0.1, 0.15) is 162 Å². The lowest BCUT2D eigenvalue weighted by atomic mass is 10.0. The van der Waals surface area contributed by atoms with Crippen molar-refractivity contribution in [2.45, 2.75) is 168 Å². The van der Waals surface area contributed by atoms with Crippen LogP contribution >= 0.6 is 0 Å². The minimum atomic E-state index is -0.296. The highest BCUT2D eigenvalue weighted by Crippen LogP contribution is 2.15. The van der Waals surface area contributed by atoms with Crippen molar-refractivity contribution >= 4 is 5.97 Å². The molecular formula is C28H56O3. The van der Waals surface area contributed by atoms with Crippen molar-refractivity contribution in [1.29, 1.82) is 0 Å². The van der Waals surface area contributed by atoms with Gasteiger partial charge in [-0.05, 0) is 19.3 Å². The fourth-order valence-electron chi connectivity index (χ4n) is 4.23. The largest absolute Gasteiger partial charge is 0.460 e. The van der Waals surface area contributed by atoms with Crippen molar-refractivity contribution in [1.82, 2.24) is 0 Å². The van der Waals surface area contributed by atoms with Gasteiger partial charge in [-0.2, -0.15) is 0 Å². The molecule has 0 aromatic rings. The minimum Gasteiger partial charge on any atom is -0.460 e. The molecule has 1 unspecified atom stereocenters. The maximum atomic E-state index is 11.9. The van der Waals surface area contributed by atoms with Gasteiger partial charge in [-0.25, -0.2) is 0 Å². The molecule has 1 atom stereocenters. The number of esters is 1. The number of aliphatic hydroxyl groups is 1. The summed E-state index contributed by atoms with van der Waals surface area (Å²) in [4.78, 5) is 11.9. The van der Waals surface area contributed by atoms with Gasteiger partial charge in [0.1, 0.15) is 6.10 Å². The SMILES string of the molecule is CCCCCCCCCCCCCCCCCCCC(=O)OC(CO)CCCCCC. The van der Waals surface area contributed by atoms with E-state index in [0.29, 0.717) is 6.42 Å². The van der Waals surface area contributed by atoms with Crippen molar-refractivity contribution in [3.8, 4) is 0 Å². The number of unbranched alkanes of at least 4 members (excludes halogenated alkanes) is 19. The topological polar surface area (TPSA) is 46.5 Å². The van der Waals surface area contributed by atoms with E-state index in [2.05, 4.69) is 13.8 Å². The molecule has 186 valence electrons. The average molecular weight is 441 g/mol. The minimum absolute atomic E-state index is 0.0447. The van der Waals surface area contributed by atoms with Crippen LogP contribution in [0, 0.1) is 0 Å². The Bertz CT molecular complexity index is 356. The molecule has 0 rings (SSSR count). The van der Waals surface area contributed by atoms with E-state index in [1.54, 1.807) is 0 Å². The summed E-state index contributed by atoms with van der Waals surface area (Å²) in [6.07, 6.45) is 28.5. The van der Waals surface area contributed by atoms with Crippen LogP contribution in [0.15, 0.2) is 0 Å². The Kier molecular flexibility index (Phi) is 25.2. The normalized spacial score (nSPS) is 12.2. The second-order valence-corrected chi connectivity index (χ2v) is 9.55. The number of ether oxygens (including phenoxy) is 1. The van der Waals surface area contributed by atoms with Gasteiger partial charge >= 0.3 is 5.97 Å². The lowest BCUT2D eigenvalue weighted by molar-refractivity contribution is -0.151. The molecule has 1 N–H and O–H groups in total. The highest BCUT2D eigenvalue weighted by atomic mass is 16.5. The summed E-state index contributed by atoms with van der Waals surface area (Å²) in [6.45, 7) is 4.42. The second-order valence-electron chi connectivity index (χ2n) is 9.55. The highest BCUT2D eigenvalue weighted by molar-refractivity contribution is 5.69. The summed E-state index contributed by atoms with van der Waals surface area (Å²) >= 11 is 0. The van der Waals surface area contributed by atoms with Gasteiger partial charge in [0, 0.05) is 6.42 Å². The van der Waals surface area contributed by atoms with Crippen LogP contribution in [-0.4, -0.2) is 23.8 Å². The third kappa shape index (κ3) is 23.9. The maximum absolute atomic E-state index is 11.9. The van der Waals surface area contributed by atoms with Crippen LogP contribution in [-0.2, 0) is 9.53 Å². The van der Waals surface area contributed by atoms with Gasteiger partial charge in [0.2, 0.25) is 0 Å². The number of carbonyl (C=O) groups is 1. The van der Waals surface area contributed by atoms with Crippen molar-refractivity contribution in [3.63, 3.8) is 0 Å². The molecule has 3 nitrogen and oxygen atoms in total. The standard InChI is InChI=1S/C28H56O3/c1-3-5-7-9-10-11-12-13-14-15-16-17-18-19-20-21-23-25-28(30)31-27(26-29)24-22-8-6-4-2/h27,29H,3-26H2,1-2H3. The van der Waals surface area contributed by atoms with Crippen LogP contribution in [0.25, 0.3) is 0 Å². The van der Waals surface area contributed by atoms with Gasteiger partial charge in [-0.1, -0.05) is 136 Å². The number of hydrogen-bond acceptors (Lipinski definition) is 3. The monoisotopic (exact) mass is 440 g/mol. The zero-order valence-corrected chi connectivity index (χ0v) is 21.3. The van der Waals surface area contributed by atoms with E-state index in [0.717, 1.165) is 32.1 Å². The fraction of sp³-hybridized carbons (Fsp3) is 0.964. The van der Waals surface area contributed by atoms with Crippen LogP contribution in [0.4, 0.5) is 0 Å². The van der Waals surface area contributed by atoms with Gasteiger partial charge in [-0.15, -0.1) is 0 Å². The Morgan fingerprint density at radius 3 is 1.32 bits per heavy atom. The molecule has 0 aliphatic rings. The number of aliphatic hydroxyl groups excluding tert-OH is 1. The Balaban J connectivity index is 3.30. The second kappa shape index (κ2) is 25.7. The average Bonchev–Trinajstić information content (AvgIpc) is 2.78. The fourth-order valence-corrected chi connectivity index (χ4v) is 4.23. The third-order valence-corrected chi connectivity index (χ3v) is 6.37. The first kappa shape index (κ1) is 30.4. The van der Waals surface area contributed by atoms with Gasteiger partial charge < -0.3 is 9.84 Å². The summed E-state index contributed by atoms with van der Waals surface area (Å²) < 4.78 is 5.42. The molecule has 0 spiro atoms. The van der Waals surface area contributed by atoms with E-state index in [-0.39, 0.29) is 18.7 Å². The number of hydrogen-bond donors (Lipinski definition) is 1. The van der Waals surface area contributed by atoms with Crippen LogP contribution in [0.2, 0.25) is 0 Å². The molecule has 0 amide bonds. The Hall–Kier alpha value is -0.570. The van der Waals surface area contributed by atoms with Crippen LogP contribution in [0.5, 0.6) is 0 Å². The molecule has 0 aliphatic carbocycles. The van der Waals surface area contributed by atoms with E-state index in [9.17, 15) is 9.90 Å². The molecule has 3 heteroatoms. The van der Waals surface area contributed by atoms with E-state index in [1.807, 2.05) is 0 Å². The molecule has 0 saturated carbocycles. The first-order chi connectivity index (χ1) is 15.2. The smallest absolute Gasteiger partial charge is 0.306 e. The van der Waals surface area contributed by atoms with Crippen LogP contribution < -0.4 is 0 Å². The molecule has 31 heavy (non-hydrogen) atoms. The number of rotatable bonds is 25. The summed E-state index contributed by atoms with van der Waals surface area (Å²) in [6, 6.07) is 0. The predicted molar refractivity (Wildman–Crippen MR) is 135 cm³/mol. The lowest BCUT2D eigenvalue weighted by Crippen LogP contribution is -2.21. The molecule has 0 aliphatic heterocycles. The molecule has 0 saturated heterocycles. The van der Waals surface area contributed by atoms with Gasteiger partial charge in [-0.3, -0.25) is 4.79 Å². The van der Waals surface area contributed by atoms with Gasteiger partial charge in [0.05, 0.1) is 6.61 Å². The first-order valence-corrected chi connectivity index (χ1v) is 14.0. The molecule has 0 aromatic carbocycles. The van der Waals surface area contributed by atoms with Crippen molar-refractivity contribution in [2.75, 3.05) is 6.61 Å². The predicted octanol–water partition coefficient (Wildman–Crippen LogP) is 8.90. The van der Waals surface area contributed by atoms with Gasteiger partial charge in [0.15, 0.2) is 0 Å². The zero-order chi connectivity index (χ0) is 22.8. The van der Waals surface area contributed by atoms with E-state index < -0.39 is 0 Å². The Morgan fingerprint density at radius 1 is 0.581 bits per heavy atom. The molecule has 0 aromatic heterocycles. The van der Waals surface area contributed by atoms with Crippen molar-refractivity contribution < 1.29 is 14.6 Å². The molecule has 0 heterocycles. The quantitative estimate of drug-likeness (QED) is 0.114. The summed E-state index contributed by atoms with van der Waals surface area (Å²) in [5.74, 6) is -0.129. The van der Waals surface area contributed by atoms with Crippen LogP contribution in [0.3, 0.4) is 0 Å². The van der Waals surface area contributed by atoms with E-state index in [1.165, 1.54) is 109 Å². The zero-order valence-electron chi connectivity index (χ0n) is 21.3. The van der Waals surface area contributed by atoms with E-state index in [4.69, 9.17) is 4.74 Å². The maximum Gasteiger partial charge on any atom is 0.306 e. The molecule has 0 bridgehead atoms. The molecular weight excluding hydrogens is 384 g/mol. The first-order valence-electron chi connectivity index (χ1n) is 14.0. The van der Waals surface area contributed by atoms with Crippen molar-refractivity contribution in [3.05, 3.63) is 0 Å². The lowest BCUT2D eigenvalue weighted by Gasteiger charge is -2.15. The number of carbonyl (C=O) groups excluding carboxylic acids is 1. The third-order valence-electron chi connectivity index (χ3n) is 6.37. The van der Waals surface area contributed by atoms with Crippen molar-refractivity contribution in [2.24, 2.45) is 0 Å². The Labute approximate surface area is 195 Å². The summed E-state index contributed by atoms with van der Waals surface area (Å²) in [7, 11) is 0. The molecule has 0 fully saturated rings. The van der Waals surface area contributed by atoms with E-state index >= 15 is 0 Å². The highest BCUT2D eigenvalue weighted by Gasteiger charge is 2.12. The Morgan fingerprint density at radius 2 is 0.935 bits per heavy atom. The molecule has 0 radical (unpaired) electrons. The summed E-state index contributed by atoms with van der Waals surface area (Å²) in [5.41, 5.74) is 0. The summed E-state index contributed by atoms with van der Waals surface area (Å²) in [5, 5.41) is 9.37. The van der Waals surface area contributed by atoms with Gasteiger partial charge in [0.25, 0.3) is 0 Å².